The Morgan fingerprint density at radius 2 is 1.85 bits per heavy atom. The Bertz CT molecular complexity index is 1590. The summed E-state index contributed by atoms with van der Waals surface area (Å²) in [4.78, 5) is 26.9. The zero-order chi connectivity index (χ0) is 33.4. The molecule has 7 rings (SSSR count). The molecule has 9 atom stereocenters. The lowest BCUT2D eigenvalue weighted by Gasteiger charge is -2.60. The van der Waals surface area contributed by atoms with Crippen molar-refractivity contribution >= 4 is 11.8 Å². The first-order valence-corrected chi connectivity index (χ1v) is 16.7. The molecule has 47 heavy (non-hydrogen) atoms. The number of carbonyl (C=O) groups is 2. The van der Waals surface area contributed by atoms with Crippen molar-refractivity contribution < 1.29 is 48.6 Å². The van der Waals surface area contributed by atoms with Crippen molar-refractivity contribution in [2.75, 3.05) is 13.4 Å². The number of Topliss-reactive ketones (excluding diaryl/α,β-unsaturated/α-hetero) is 1. The second kappa shape index (κ2) is 11.4. The van der Waals surface area contributed by atoms with Gasteiger partial charge in [0.2, 0.25) is 0 Å². The van der Waals surface area contributed by atoms with Crippen LogP contribution in [0.3, 0.4) is 0 Å². The summed E-state index contributed by atoms with van der Waals surface area (Å²) >= 11 is 0. The van der Waals surface area contributed by atoms with E-state index in [9.17, 15) is 19.8 Å². The Balaban J connectivity index is 1.23. The SMILES string of the molecule is CC(C)[C@]12C[C@@H](C)[C@@]34O[C@](Cc5ccccc5)(O[C@@H]1[C@@H]3CC(COC(=O)Cc1ccc(O)c(OCO)c1)=C[C@]1(O)C(=O)[C@H](C)C[C@@H]41)O2. The molecule has 3 N–H and O–H groups in total. The third kappa shape index (κ3) is 4.94. The number of hydrogen-bond donors (Lipinski definition) is 3. The smallest absolute Gasteiger partial charge is 0.310 e. The van der Waals surface area contributed by atoms with Gasteiger partial charge in [-0.1, -0.05) is 64.1 Å². The van der Waals surface area contributed by atoms with E-state index < -0.39 is 41.5 Å². The highest BCUT2D eigenvalue weighted by molar-refractivity contribution is 5.94. The van der Waals surface area contributed by atoms with Crippen LogP contribution in [0.25, 0.3) is 0 Å². The lowest BCUT2D eigenvalue weighted by Crippen LogP contribution is -2.71. The molecular formula is C37H44O10. The lowest BCUT2D eigenvalue weighted by molar-refractivity contribution is -0.428. The molecule has 252 valence electrons. The molecule has 2 saturated carbocycles. The van der Waals surface area contributed by atoms with Crippen molar-refractivity contribution in [2.45, 2.75) is 88.7 Å². The van der Waals surface area contributed by atoms with Crippen LogP contribution in [-0.4, -0.2) is 69.4 Å². The summed E-state index contributed by atoms with van der Waals surface area (Å²) < 4.78 is 31.9. The topological polar surface area (TPSA) is 141 Å². The second-order valence-electron chi connectivity index (χ2n) is 14.6. The average Bonchev–Trinajstić information content (AvgIpc) is 3.33. The zero-order valence-corrected chi connectivity index (χ0v) is 27.3. The molecule has 0 spiro atoms. The minimum Gasteiger partial charge on any atom is -0.504 e. The normalized spacial score (nSPS) is 38.5. The number of benzene rings is 2. The molecule has 0 aromatic heterocycles. The molecule has 2 aliphatic heterocycles. The van der Waals surface area contributed by atoms with Crippen molar-refractivity contribution in [3.05, 3.63) is 71.3 Å². The fourth-order valence-corrected chi connectivity index (χ4v) is 9.46. The Morgan fingerprint density at radius 3 is 2.57 bits per heavy atom. The van der Waals surface area contributed by atoms with Gasteiger partial charge in [-0.2, -0.15) is 0 Å². The number of rotatable bonds is 9. The third-order valence-electron chi connectivity index (χ3n) is 11.5. The Kier molecular flexibility index (Phi) is 7.84. The van der Waals surface area contributed by atoms with E-state index in [1.165, 1.54) is 12.1 Å². The quantitative estimate of drug-likeness (QED) is 0.206. The number of hydrogen-bond acceptors (Lipinski definition) is 10. The van der Waals surface area contributed by atoms with Crippen LogP contribution >= 0.6 is 0 Å². The summed E-state index contributed by atoms with van der Waals surface area (Å²) in [7, 11) is 0. The Morgan fingerprint density at radius 1 is 1.09 bits per heavy atom. The van der Waals surface area contributed by atoms with E-state index in [0.717, 1.165) is 5.56 Å². The predicted octanol–water partition coefficient (Wildman–Crippen LogP) is 4.22. The summed E-state index contributed by atoms with van der Waals surface area (Å²) in [5.41, 5.74) is -1.22. The summed E-state index contributed by atoms with van der Waals surface area (Å²) in [6.45, 7) is 7.56. The van der Waals surface area contributed by atoms with Gasteiger partial charge in [-0.25, -0.2) is 0 Å². The van der Waals surface area contributed by atoms with Crippen LogP contribution in [-0.2, 0) is 41.4 Å². The molecule has 3 aliphatic carbocycles. The number of phenols is 1. The number of phenolic OH excluding ortho intramolecular Hbond substituents is 1. The van der Waals surface area contributed by atoms with Crippen LogP contribution in [0.4, 0.5) is 0 Å². The van der Waals surface area contributed by atoms with Gasteiger partial charge in [0.15, 0.2) is 24.1 Å². The number of aliphatic hydroxyl groups excluding tert-OH is 1. The second-order valence-corrected chi connectivity index (χ2v) is 14.6. The highest BCUT2D eigenvalue weighted by Gasteiger charge is 2.80. The molecule has 2 aromatic carbocycles. The van der Waals surface area contributed by atoms with Crippen LogP contribution in [0.1, 0.15) is 58.1 Å². The van der Waals surface area contributed by atoms with E-state index in [0.29, 0.717) is 36.8 Å². The maximum absolute atomic E-state index is 13.9. The minimum atomic E-state index is -1.81. The maximum Gasteiger partial charge on any atom is 0.310 e. The van der Waals surface area contributed by atoms with Crippen molar-refractivity contribution in [2.24, 2.45) is 29.6 Å². The van der Waals surface area contributed by atoms with Crippen LogP contribution in [0.5, 0.6) is 11.5 Å². The molecule has 5 aliphatic rings. The van der Waals surface area contributed by atoms with E-state index in [4.69, 9.17) is 28.8 Å². The van der Waals surface area contributed by atoms with E-state index in [1.54, 1.807) is 12.1 Å². The van der Waals surface area contributed by atoms with E-state index in [-0.39, 0.29) is 60.1 Å². The van der Waals surface area contributed by atoms with Crippen LogP contribution < -0.4 is 4.74 Å². The molecule has 2 saturated heterocycles. The lowest BCUT2D eigenvalue weighted by atomic mass is 9.53. The van der Waals surface area contributed by atoms with Crippen molar-refractivity contribution in [1.29, 1.82) is 0 Å². The van der Waals surface area contributed by atoms with Gasteiger partial charge in [-0.3, -0.25) is 9.59 Å². The van der Waals surface area contributed by atoms with E-state index in [1.807, 2.05) is 37.3 Å². The number of esters is 1. The van der Waals surface area contributed by atoms with Gasteiger partial charge in [-0.15, -0.1) is 0 Å². The standard InChI is InChI=1S/C37H44O10/c1-21(2)35-16-23(4)37-27(33(35)45-36(46-35,47-37)18-24-8-6-5-7-9-24)13-26(17-34(42)30(37)12-22(3)32(34)41)19-43-31(40)15-25-10-11-28(39)29(14-25)44-20-38/h5-11,14,17,21-23,27,30,33,38-39,42H,12-13,15-16,18-20H2,1-4H3/t22-,23-,27+,30-,33-,34-,35-,36-,37-/m1/s1. The number of ether oxygens (including phenoxy) is 5. The molecule has 10 heteroatoms. The van der Waals surface area contributed by atoms with Crippen molar-refractivity contribution in [3.8, 4) is 11.5 Å². The van der Waals surface area contributed by atoms with Gasteiger partial charge in [-0.05, 0) is 66.0 Å². The fraction of sp³-hybridized carbons (Fsp3) is 0.568. The van der Waals surface area contributed by atoms with Crippen LogP contribution in [0, 0.1) is 29.6 Å². The number of aromatic hydroxyl groups is 1. The summed E-state index contributed by atoms with van der Waals surface area (Å²) in [5, 5.41) is 31.5. The Labute approximate surface area is 274 Å². The number of fused-ring (bicyclic) bond motifs is 2. The van der Waals surface area contributed by atoms with Gasteiger partial charge in [0.05, 0.1) is 24.5 Å². The van der Waals surface area contributed by atoms with Gasteiger partial charge in [0.25, 0.3) is 5.97 Å². The van der Waals surface area contributed by atoms with Gasteiger partial charge < -0.3 is 39.0 Å². The number of aliphatic hydroxyl groups is 2. The van der Waals surface area contributed by atoms with Crippen molar-refractivity contribution in [3.63, 3.8) is 0 Å². The highest BCUT2D eigenvalue weighted by atomic mass is 16.9. The molecule has 0 unspecified atom stereocenters. The molecule has 2 heterocycles. The summed E-state index contributed by atoms with van der Waals surface area (Å²) in [6, 6.07) is 14.4. The first-order valence-electron chi connectivity index (χ1n) is 16.7. The summed E-state index contributed by atoms with van der Waals surface area (Å²) in [5.74, 6) is -3.43. The largest absolute Gasteiger partial charge is 0.504 e. The molecule has 2 aromatic rings. The van der Waals surface area contributed by atoms with E-state index >= 15 is 0 Å². The minimum absolute atomic E-state index is 0.0550. The van der Waals surface area contributed by atoms with Crippen LogP contribution in [0.2, 0.25) is 0 Å². The highest BCUT2D eigenvalue weighted by Crippen LogP contribution is 2.69. The molecule has 0 amide bonds. The molecule has 0 radical (unpaired) electrons. The molecule has 4 fully saturated rings. The predicted molar refractivity (Wildman–Crippen MR) is 168 cm³/mol. The summed E-state index contributed by atoms with van der Waals surface area (Å²) in [6.07, 6.45) is 3.05. The van der Waals surface area contributed by atoms with Gasteiger partial charge in [0.1, 0.15) is 17.8 Å². The molecule has 3 bridgehead atoms. The zero-order valence-electron chi connectivity index (χ0n) is 27.3. The maximum atomic E-state index is 13.9. The van der Waals surface area contributed by atoms with Crippen molar-refractivity contribution in [1.82, 2.24) is 0 Å². The molecular weight excluding hydrogens is 604 g/mol. The van der Waals surface area contributed by atoms with Crippen LogP contribution in [0.15, 0.2) is 60.2 Å². The van der Waals surface area contributed by atoms with Gasteiger partial charge in [0, 0.05) is 17.8 Å². The van der Waals surface area contributed by atoms with Gasteiger partial charge >= 0.3 is 5.97 Å². The average molecular weight is 649 g/mol. The number of ketones is 1. The fourth-order valence-electron chi connectivity index (χ4n) is 9.46. The first-order chi connectivity index (χ1) is 22.4. The third-order valence-corrected chi connectivity index (χ3v) is 11.5. The number of carbonyl (C=O) groups excluding carboxylic acids is 2. The first kappa shape index (κ1) is 32.3. The Hall–Kier alpha value is -3.28. The molecule has 10 nitrogen and oxygen atoms in total. The van der Waals surface area contributed by atoms with E-state index in [2.05, 4.69) is 20.8 Å². The monoisotopic (exact) mass is 648 g/mol.